The van der Waals surface area contributed by atoms with E-state index in [9.17, 15) is 18.0 Å². The van der Waals surface area contributed by atoms with Crippen LogP contribution in [0.2, 0.25) is 0 Å². The van der Waals surface area contributed by atoms with Crippen molar-refractivity contribution in [3.63, 3.8) is 0 Å². The first kappa shape index (κ1) is 25.8. The van der Waals surface area contributed by atoms with E-state index in [-0.39, 0.29) is 23.3 Å². The molecule has 1 aromatic rings. The van der Waals surface area contributed by atoms with Crippen LogP contribution in [0.4, 0.5) is 13.2 Å². The van der Waals surface area contributed by atoms with Crippen molar-refractivity contribution in [2.24, 2.45) is 5.92 Å². The van der Waals surface area contributed by atoms with Crippen LogP contribution in [-0.2, 0) is 17.5 Å². The lowest BCUT2D eigenvalue weighted by Crippen LogP contribution is -2.50. The van der Waals surface area contributed by atoms with E-state index < -0.39 is 17.7 Å². The standard InChI is InChI=1S/C23H31F3N2O3.C2H6/c24-23(25,26)18-12-16(15-28-11-1-6-22(28)7-9-27-10-8-22)13-20(14-18)31-19-4-2-17(3-5-19)21(29)30;1-2/h12-14,17,19,27H,1-11,15H2,(H,29,30);1-2H3. The molecule has 1 aromatic carbocycles. The van der Waals surface area contributed by atoms with Crippen molar-refractivity contribution >= 4 is 5.97 Å². The first-order chi connectivity index (χ1) is 15.7. The number of alkyl halides is 3. The van der Waals surface area contributed by atoms with Gasteiger partial charge in [-0.2, -0.15) is 13.2 Å². The van der Waals surface area contributed by atoms with Gasteiger partial charge in [0.2, 0.25) is 0 Å². The summed E-state index contributed by atoms with van der Waals surface area (Å²) >= 11 is 0. The molecule has 4 rings (SSSR count). The first-order valence-electron chi connectivity index (χ1n) is 12.3. The van der Waals surface area contributed by atoms with Crippen LogP contribution < -0.4 is 10.1 Å². The molecule has 0 amide bonds. The summed E-state index contributed by atoms with van der Waals surface area (Å²) in [7, 11) is 0. The monoisotopic (exact) mass is 470 g/mol. The summed E-state index contributed by atoms with van der Waals surface area (Å²) in [5.74, 6) is -0.951. The van der Waals surface area contributed by atoms with Gasteiger partial charge in [0.25, 0.3) is 0 Å². The van der Waals surface area contributed by atoms with E-state index in [0.717, 1.165) is 51.4 Å². The highest BCUT2D eigenvalue weighted by Crippen LogP contribution is 2.39. The number of carboxylic acid groups (broad SMARTS) is 1. The maximum absolute atomic E-state index is 13.6. The summed E-state index contributed by atoms with van der Waals surface area (Å²) in [4.78, 5) is 13.5. The van der Waals surface area contributed by atoms with E-state index in [1.54, 1.807) is 6.07 Å². The molecular formula is C25H37F3N2O3. The molecule has 5 nitrogen and oxygen atoms in total. The van der Waals surface area contributed by atoms with Crippen molar-refractivity contribution in [3.05, 3.63) is 29.3 Å². The zero-order chi connectivity index (χ0) is 24.1. The van der Waals surface area contributed by atoms with E-state index in [4.69, 9.17) is 9.84 Å². The van der Waals surface area contributed by atoms with E-state index in [1.807, 2.05) is 13.8 Å². The van der Waals surface area contributed by atoms with Crippen LogP contribution >= 0.6 is 0 Å². The first-order valence-corrected chi connectivity index (χ1v) is 12.3. The molecule has 3 aliphatic rings. The number of rotatable bonds is 5. The second-order valence-electron chi connectivity index (χ2n) is 9.29. The van der Waals surface area contributed by atoms with Gasteiger partial charge in [0, 0.05) is 12.1 Å². The van der Waals surface area contributed by atoms with Crippen molar-refractivity contribution in [2.75, 3.05) is 19.6 Å². The van der Waals surface area contributed by atoms with Gasteiger partial charge in [0.15, 0.2) is 0 Å². The number of ether oxygens (including phenoxy) is 1. The smallest absolute Gasteiger partial charge is 0.416 e. The molecule has 33 heavy (non-hydrogen) atoms. The number of aliphatic carboxylic acids is 1. The summed E-state index contributed by atoms with van der Waals surface area (Å²) in [5, 5.41) is 12.5. The molecule has 1 aliphatic carbocycles. The highest BCUT2D eigenvalue weighted by atomic mass is 19.4. The number of likely N-dealkylation sites (tertiary alicyclic amines) is 1. The van der Waals surface area contributed by atoms with Crippen LogP contribution in [0, 0.1) is 5.92 Å². The Labute approximate surface area is 194 Å². The van der Waals surface area contributed by atoms with E-state index >= 15 is 0 Å². The lowest BCUT2D eigenvalue weighted by molar-refractivity contribution is -0.143. The van der Waals surface area contributed by atoms with Crippen LogP contribution in [0.1, 0.15) is 76.3 Å². The third-order valence-corrected chi connectivity index (χ3v) is 7.27. The number of nitrogens with zero attached hydrogens (tertiary/aromatic N) is 1. The largest absolute Gasteiger partial charge is 0.490 e. The quantitative estimate of drug-likeness (QED) is 0.597. The minimum Gasteiger partial charge on any atom is -0.490 e. The molecule has 0 unspecified atom stereocenters. The van der Waals surface area contributed by atoms with Crippen LogP contribution in [0.25, 0.3) is 0 Å². The topological polar surface area (TPSA) is 61.8 Å². The number of carboxylic acids is 1. The molecule has 0 atom stereocenters. The molecule has 8 heteroatoms. The number of nitrogens with one attached hydrogen (secondary N) is 1. The predicted molar refractivity (Wildman–Crippen MR) is 121 cm³/mol. The Morgan fingerprint density at radius 3 is 2.39 bits per heavy atom. The van der Waals surface area contributed by atoms with Crippen LogP contribution in [0.3, 0.4) is 0 Å². The molecule has 2 aliphatic heterocycles. The normalized spacial score (nSPS) is 25.4. The number of halogens is 3. The number of hydrogen-bond donors (Lipinski definition) is 2. The molecule has 1 spiro atoms. The fourth-order valence-electron chi connectivity index (χ4n) is 5.52. The van der Waals surface area contributed by atoms with E-state index in [0.29, 0.717) is 37.8 Å². The molecular weight excluding hydrogens is 433 g/mol. The Kier molecular flexibility index (Phi) is 8.67. The number of hydrogen-bond acceptors (Lipinski definition) is 4. The van der Waals surface area contributed by atoms with Gasteiger partial charge in [-0.25, -0.2) is 0 Å². The van der Waals surface area contributed by atoms with E-state index in [2.05, 4.69) is 10.2 Å². The molecule has 1 saturated carbocycles. The molecule has 2 saturated heterocycles. The highest BCUT2D eigenvalue weighted by molar-refractivity contribution is 5.70. The van der Waals surface area contributed by atoms with Crippen molar-refractivity contribution < 1.29 is 27.8 Å². The molecule has 0 radical (unpaired) electrons. The van der Waals surface area contributed by atoms with Crippen molar-refractivity contribution in [3.8, 4) is 5.75 Å². The SMILES string of the molecule is CC.O=C(O)C1CCC(Oc2cc(CN3CCCC34CCNCC4)cc(C(F)(F)F)c2)CC1. The minimum atomic E-state index is -4.44. The Morgan fingerprint density at radius 1 is 1.12 bits per heavy atom. The van der Waals surface area contributed by atoms with Gasteiger partial charge in [0.05, 0.1) is 17.6 Å². The fraction of sp³-hybridized carbons (Fsp3) is 0.720. The number of benzene rings is 1. The second kappa shape index (κ2) is 11.1. The summed E-state index contributed by atoms with van der Waals surface area (Å²) < 4.78 is 46.7. The zero-order valence-electron chi connectivity index (χ0n) is 19.7. The number of carbonyl (C=O) groups is 1. The minimum absolute atomic E-state index is 0.0930. The maximum Gasteiger partial charge on any atom is 0.416 e. The third kappa shape index (κ3) is 6.41. The summed E-state index contributed by atoms with van der Waals surface area (Å²) in [5.41, 5.74) is 0.0389. The van der Waals surface area contributed by atoms with E-state index in [1.165, 1.54) is 6.07 Å². The average Bonchev–Trinajstić information content (AvgIpc) is 3.16. The molecule has 0 aromatic heterocycles. The molecule has 0 bridgehead atoms. The average molecular weight is 471 g/mol. The molecule has 2 N–H and O–H groups in total. The van der Waals surface area contributed by atoms with Crippen LogP contribution in [0.5, 0.6) is 5.75 Å². The Morgan fingerprint density at radius 2 is 1.79 bits per heavy atom. The Hall–Kier alpha value is -1.80. The summed E-state index contributed by atoms with van der Waals surface area (Å²) in [6, 6.07) is 4.07. The maximum atomic E-state index is 13.6. The van der Waals surface area contributed by atoms with Gasteiger partial charge in [-0.3, -0.25) is 9.69 Å². The predicted octanol–water partition coefficient (Wildman–Crippen LogP) is 5.47. The van der Waals surface area contributed by atoms with Crippen molar-refractivity contribution in [2.45, 2.75) is 89.6 Å². The van der Waals surface area contributed by atoms with Gasteiger partial charge < -0.3 is 15.2 Å². The Balaban J connectivity index is 0.00000149. The number of piperidine rings is 1. The lowest BCUT2D eigenvalue weighted by atomic mass is 9.85. The fourth-order valence-corrected chi connectivity index (χ4v) is 5.52. The van der Waals surface area contributed by atoms with Gasteiger partial charge in [-0.1, -0.05) is 13.8 Å². The molecule has 2 heterocycles. The molecule has 186 valence electrons. The van der Waals surface area contributed by atoms with Gasteiger partial charge >= 0.3 is 12.1 Å². The van der Waals surface area contributed by atoms with Crippen molar-refractivity contribution in [1.82, 2.24) is 10.2 Å². The zero-order valence-corrected chi connectivity index (χ0v) is 19.7. The van der Waals surface area contributed by atoms with Crippen LogP contribution in [-0.4, -0.2) is 47.3 Å². The van der Waals surface area contributed by atoms with Gasteiger partial charge in [-0.15, -0.1) is 0 Å². The van der Waals surface area contributed by atoms with Gasteiger partial charge in [-0.05, 0) is 94.8 Å². The summed E-state index contributed by atoms with van der Waals surface area (Å²) in [6.45, 7) is 7.30. The summed E-state index contributed by atoms with van der Waals surface area (Å²) in [6.07, 6.45) is 1.65. The second-order valence-corrected chi connectivity index (χ2v) is 9.29. The highest BCUT2D eigenvalue weighted by Gasteiger charge is 2.41. The van der Waals surface area contributed by atoms with Crippen molar-refractivity contribution in [1.29, 1.82) is 0 Å². The lowest BCUT2D eigenvalue weighted by Gasteiger charge is -2.42. The third-order valence-electron chi connectivity index (χ3n) is 7.27. The Bertz CT molecular complexity index is 786. The van der Waals surface area contributed by atoms with Gasteiger partial charge in [0.1, 0.15) is 5.75 Å². The van der Waals surface area contributed by atoms with Crippen LogP contribution in [0.15, 0.2) is 18.2 Å². The molecule has 3 fully saturated rings.